The lowest BCUT2D eigenvalue weighted by Crippen LogP contribution is -1.84. The number of aromatic nitrogens is 1. The lowest BCUT2D eigenvalue weighted by molar-refractivity contribution is 1.55. The van der Waals surface area contributed by atoms with E-state index in [1.165, 1.54) is 76.4 Å². The summed E-state index contributed by atoms with van der Waals surface area (Å²) < 4.78 is 0. The molecule has 1 aromatic heterocycles. The summed E-state index contributed by atoms with van der Waals surface area (Å²) in [6, 6.07) is 48.4. The number of fused-ring (bicyclic) bond motifs is 9. The van der Waals surface area contributed by atoms with E-state index in [4.69, 9.17) is 0 Å². The molecule has 0 amide bonds. The quantitative estimate of drug-likeness (QED) is 0.242. The van der Waals surface area contributed by atoms with Crippen LogP contribution in [0.4, 0.5) is 0 Å². The standard InChI is InChI=1S/C36H23N/c1-2-14-26-23(10-1)11-8-19-27(26)24-12-7-13-25(22-24)28-20-9-21-33-34-31-17-5-3-15-29(31)30-16-4-6-18-32(30)36(34)37-35(28)33/h1-22,37H. The molecule has 0 unspecified atom stereocenters. The van der Waals surface area contributed by atoms with Gasteiger partial charge >= 0.3 is 0 Å². The van der Waals surface area contributed by atoms with E-state index in [1.807, 2.05) is 0 Å². The van der Waals surface area contributed by atoms with Crippen molar-refractivity contribution in [1.82, 2.24) is 4.98 Å². The van der Waals surface area contributed by atoms with Crippen molar-refractivity contribution in [2.24, 2.45) is 0 Å². The zero-order valence-electron chi connectivity index (χ0n) is 20.2. The SMILES string of the molecule is c1cc(-c2cccc3ccccc23)cc(-c2cccc3c2[nH]c2c4ccccc4c4ccccc4c32)c1. The Morgan fingerprint density at radius 3 is 1.73 bits per heavy atom. The van der Waals surface area contributed by atoms with Gasteiger partial charge in [-0.2, -0.15) is 0 Å². The van der Waals surface area contributed by atoms with Gasteiger partial charge < -0.3 is 4.98 Å². The molecule has 0 bridgehead atoms. The van der Waals surface area contributed by atoms with Crippen LogP contribution in [0.15, 0.2) is 133 Å². The van der Waals surface area contributed by atoms with Gasteiger partial charge in [-0.1, -0.05) is 127 Å². The van der Waals surface area contributed by atoms with E-state index in [-0.39, 0.29) is 0 Å². The average Bonchev–Trinajstić information content (AvgIpc) is 3.37. The van der Waals surface area contributed by atoms with Crippen LogP contribution >= 0.6 is 0 Å². The minimum atomic E-state index is 1.19. The number of hydrogen-bond donors (Lipinski definition) is 1. The summed E-state index contributed by atoms with van der Waals surface area (Å²) in [5.74, 6) is 0. The second kappa shape index (κ2) is 7.81. The van der Waals surface area contributed by atoms with E-state index >= 15 is 0 Å². The predicted octanol–water partition coefficient (Wildman–Crippen LogP) is 10.1. The molecule has 0 aliphatic heterocycles. The number of aromatic amines is 1. The van der Waals surface area contributed by atoms with Crippen LogP contribution in [0.1, 0.15) is 0 Å². The van der Waals surface area contributed by atoms with Crippen LogP contribution in [0.2, 0.25) is 0 Å². The summed E-state index contributed by atoms with van der Waals surface area (Å²) in [6.07, 6.45) is 0. The van der Waals surface area contributed by atoms with E-state index in [9.17, 15) is 0 Å². The van der Waals surface area contributed by atoms with E-state index in [1.54, 1.807) is 0 Å². The first-order valence-corrected chi connectivity index (χ1v) is 12.8. The average molecular weight is 470 g/mol. The maximum atomic E-state index is 3.87. The Morgan fingerprint density at radius 2 is 0.892 bits per heavy atom. The van der Waals surface area contributed by atoms with Crippen molar-refractivity contribution < 1.29 is 0 Å². The molecule has 8 rings (SSSR count). The molecule has 37 heavy (non-hydrogen) atoms. The van der Waals surface area contributed by atoms with Gasteiger partial charge in [-0.3, -0.25) is 0 Å². The van der Waals surface area contributed by atoms with Gasteiger partial charge in [0.15, 0.2) is 0 Å². The topological polar surface area (TPSA) is 15.8 Å². The molecular formula is C36H23N. The maximum Gasteiger partial charge on any atom is 0.0551 e. The van der Waals surface area contributed by atoms with Crippen molar-refractivity contribution in [3.05, 3.63) is 133 Å². The largest absolute Gasteiger partial charge is 0.353 e. The Hall–Kier alpha value is -4.88. The summed E-state index contributed by atoms with van der Waals surface area (Å²) in [6.45, 7) is 0. The normalized spacial score (nSPS) is 11.8. The van der Waals surface area contributed by atoms with E-state index in [0.29, 0.717) is 0 Å². The Bertz CT molecular complexity index is 2140. The number of rotatable bonds is 2. The summed E-state index contributed by atoms with van der Waals surface area (Å²) in [7, 11) is 0. The van der Waals surface area contributed by atoms with E-state index < -0.39 is 0 Å². The second-order valence-corrected chi connectivity index (χ2v) is 9.80. The number of para-hydroxylation sites is 1. The Kier molecular flexibility index (Phi) is 4.29. The minimum absolute atomic E-state index is 1.19. The summed E-state index contributed by atoms with van der Waals surface area (Å²) in [5, 5.41) is 10.3. The van der Waals surface area contributed by atoms with Gasteiger partial charge in [-0.05, 0) is 49.7 Å². The highest BCUT2D eigenvalue weighted by Crippen LogP contribution is 2.42. The molecule has 1 heterocycles. The zero-order chi connectivity index (χ0) is 24.3. The van der Waals surface area contributed by atoms with Crippen molar-refractivity contribution in [2.75, 3.05) is 0 Å². The fourth-order valence-electron chi connectivity index (χ4n) is 6.14. The number of hydrogen-bond acceptors (Lipinski definition) is 0. The third kappa shape index (κ3) is 2.98. The number of benzene rings is 7. The first-order chi connectivity index (χ1) is 18.4. The van der Waals surface area contributed by atoms with Crippen LogP contribution in [0.5, 0.6) is 0 Å². The first kappa shape index (κ1) is 20.3. The molecule has 8 aromatic rings. The molecule has 1 nitrogen and oxygen atoms in total. The summed E-state index contributed by atoms with van der Waals surface area (Å²) in [4.78, 5) is 3.87. The number of H-pyrrole nitrogens is 1. The van der Waals surface area contributed by atoms with Gasteiger partial charge in [0.25, 0.3) is 0 Å². The van der Waals surface area contributed by atoms with Crippen molar-refractivity contribution >= 4 is 54.1 Å². The molecule has 0 saturated heterocycles. The molecule has 0 atom stereocenters. The van der Waals surface area contributed by atoms with Crippen molar-refractivity contribution in [3.63, 3.8) is 0 Å². The monoisotopic (exact) mass is 469 g/mol. The molecule has 7 aromatic carbocycles. The summed E-state index contributed by atoms with van der Waals surface area (Å²) in [5.41, 5.74) is 7.34. The van der Waals surface area contributed by atoms with Crippen LogP contribution in [-0.4, -0.2) is 4.98 Å². The molecule has 1 heteroatoms. The third-order valence-electron chi connectivity index (χ3n) is 7.79. The van der Waals surface area contributed by atoms with Gasteiger partial charge in [-0.25, -0.2) is 0 Å². The molecule has 0 spiro atoms. The van der Waals surface area contributed by atoms with Crippen LogP contribution in [0, 0.1) is 0 Å². The van der Waals surface area contributed by atoms with Crippen molar-refractivity contribution in [1.29, 1.82) is 0 Å². The highest BCUT2D eigenvalue weighted by Gasteiger charge is 2.16. The fourth-order valence-corrected chi connectivity index (χ4v) is 6.14. The second-order valence-electron chi connectivity index (χ2n) is 9.80. The molecule has 0 fully saturated rings. The van der Waals surface area contributed by atoms with Gasteiger partial charge in [0, 0.05) is 21.7 Å². The highest BCUT2D eigenvalue weighted by atomic mass is 14.7. The molecule has 0 aliphatic carbocycles. The third-order valence-corrected chi connectivity index (χ3v) is 7.79. The molecule has 0 aliphatic rings. The molecule has 0 radical (unpaired) electrons. The van der Waals surface area contributed by atoms with E-state index in [0.717, 1.165) is 0 Å². The van der Waals surface area contributed by atoms with Gasteiger partial charge in [0.05, 0.1) is 11.0 Å². The minimum Gasteiger partial charge on any atom is -0.353 e. The molecule has 0 saturated carbocycles. The zero-order valence-corrected chi connectivity index (χ0v) is 20.2. The lowest BCUT2D eigenvalue weighted by atomic mass is 9.94. The van der Waals surface area contributed by atoms with Gasteiger partial charge in [0.2, 0.25) is 0 Å². The molecule has 172 valence electrons. The van der Waals surface area contributed by atoms with Crippen LogP contribution in [0.25, 0.3) is 76.4 Å². The van der Waals surface area contributed by atoms with Crippen molar-refractivity contribution in [3.8, 4) is 22.3 Å². The highest BCUT2D eigenvalue weighted by molar-refractivity contribution is 6.32. The van der Waals surface area contributed by atoms with E-state index in [2.05, 4.69) is 138 Å². The molecule has 1 N–H and O–H groups in total. The van der Waals surface area contributed by atoms with Crippen LogP contribution in [-0.2, 0) is 0 Å². The predicted molar refractivity (Wildman–Crippen MR) is 159 cm³/mol. The fraction of sp³-hybridized carbons (Fsp3) is 0. The van der Waals surface area contributed by atoms with Crippen molar-refractivity contribution in [2.45, 2.75) is 0 Å². The van der Waals surface area contributed by atoms with Gasteiger partial charge in [-0.15, -0.1) is 0 Å². The van der Waals surface area contributed by atoms with Crippen LogP contribution < -0.4 is 0 Å². The first-order valence-electron chi connectivity index (χ1n) is 12.8. The summed E-state index contributed by atoms with van der Waals surface area (Å²) >= 11 is 0. The smallest absolute Gasteiger partial charge is 0.0551 e. The lowest BCUT2D eigenvalue weighted by Gasteiger charge is -2.10. The van der Waals surface area contributed by atoms with Crippen LogP contribution in [0.3, 0.4) is 0 Å². The van der Waals surface area contributed by atoms with Gasteiger partial charge in [0.1, 0.15) is 0 Å². The number of nitrogens with one attached hydrogen (secondary N) is 1. The molecular weight excluding hydrogens is 446 g/mol. The Labute approximate surface area is 214 Å². The Balaban J connectivity index is 1.42. The Morgan fingerprint density at radius 1 is 0.351 bits per heavy atom. The maximum absolute atomic E-state index is 3.87.